The van der Waals surface area contributed by atoms with Crippen molar-refractivity contribution >= 4 is 16.6 Å². The van der Waals surface area contributed by atoms with Crippen molar-refractivity contribution in [3.63, 3.8) is 0 Å². The van der Waals surface area contributed by atoms with Gasteiger partial charge in [-0.15, -0.1) is 0 Å². The molecule has 100 valence electrons. The molecule has 3 nitrogen and oxygen atoms in total. The van der Waals surface area contributed by atoms with Gasteiger partial charge in [-0.1, -0.05) is 6.07 Å². The van der Waals surface area contributed by atoms with E-state index < -0.39 is 0 Å². The van der Waals surface area contributed by atoms with E-state index >= 15 is 0 Å². The third kappa shape index (κ3) is 2.87. The van der Waals surface area contributed by atoms with Crippen LogP contribution in [0.15, 0.2) is 36.5 Å². The van der Waals surface area contributed by atoms with Crippen LogP contribution < -0.4 is 11.1 Å². The van der Waals surface area contributed by atoms with Gasteiger partial charge < -0.3 is 11.1 Å². The fourth-order valence-electron chi connectivity index (χ4n) is 2.90. The second kappa shape index (κ2) is 5.57. The molecule has 0 saturated heterocycles. The quantitative estimate of drug-likeness (QED) is 0.885. The smallest absolute Gasteiger partial charge is 0.0722 e. The van der Waals surface area contributed by atoms with E-state index in [1.165, 1.54) is 36.8 Å². The van der Waals surface area contributed by atoms with Crippen LogP contribution in [-0.4, -0.2) is 17.6 Å². The number of nitrogens with two attached hydrogens (primary N) is 1. The molecule has 1 aliphatic rings. The SMILES string of the molecule is NC1CCC(CNc2cccc3ncccc23)CC1. The molecule has 1 saturated carbocycles. The minimum absolute atomic E-state index is 0.429. The number of benzene rings is 1. The highest BCUT2D eigenvalue weighted by atomic mass is 14.9. The lowest BCUT2D eigenvalue weighted by Crippen LogP contribution is -2.29. The van der Waals surface area contributed by atoms with Crippen molar-refractivity contribution in [3.8, 4) is 0 Å². The van der Waals surface area contributed by atoms with Crippen molar-refractivity contribution in [1.82, 2.24) is 4.98 Å². The average molecular weight is 255 g/mol. The predicted octanol–water partition coefficient (Wildman–Crippen LogP) is 3.16. The average Bonchev–Trinajstić information content (AvgIpc) is 2.47. The lowest BCUT2D eigenvalue weighted by atomic mass is 9.86. The van der Waals surface area contributed by atoms with Gasteiger partial charge in [-0.05, 0) is 55.9 Å². The second-order valence-corrected chi connectivity index (χ2v) is 5.54. The highest BCUT2D eigenvalue weighted by molar-refractivity contribution is 5.91. The van der Waals surface area contributed by atoms with E-state index in [2.05, 4.69) is 34.6 Å². The summed E-state index contributed by atoms with van der Waals surface area (Å²) in [4.78, 5) is 4.39. The maximum atomic E-state index is 5.95. The van der Waals surface area contributed by atoms with Crippen molar-refractivity contribution < 1.29 is 0 Å². The second-order valence-electron chi connectivity index (χ2n) is 5.54. The highest BCUT2D eigenvalue weighted by Gasteiger charge is 2.18. The summed E-state index contributed by atoms with van der Waals surface area (Å²) in [5, 5.41) is 4.80. The Labute approximate surface area is 114 Å². The Kier molecular flexibility index (Phi) is 3.65. The van der Waals surface area contributed by atoms with E-state index in [9.17, 15) is 0 Å². The molecule has 1 fully saturated rings. The normalized spacial score (nSPS) is 23.4. The van der Waals surface area contributed by atoms with Crippen LogP contribution in [0.25, 0.3) is 10.9 Å². The molecule has 19 heavy (non-hydrogen) atoms. The molecule has 3 heteroatoms. The molecular weight excluding hydrogens is 234 g/mol. The Morgan fingerprint density at radius 1 is 1.11 bits per heavy atom. The maximum Gasteiger partial charge on any atom is 0.0722 e. The molecule has 2 aromatic rings. The third-order valence-corrected chi connectivity index (χ3v) is 4.12. The molecule has 0 amide bonds. The van der Waals surface area contributed by atoms with Crippen LogP contribution in [0.2, 0.25) is 0 Å². The fraction of sp³-hybridized carbons (Fsp3) is 0.438. The van der Waals surface area contributed by atoms with Crippen molar-refractivity contribution in [2.75, 3.05) is 11.9 Å². The van der Waals surface area contributed by atoms with Crippen molar-refractivity contribution in [1.29, 1.82) is 0 Å². The predicted molar refractivity (Wildman–Crippen MR) is 80.2 cm³/mol. The van der Waals surface area contributed by atoms with E-state index in [4.69, 9.17) is 5.73 Å². The first-order chi connectivity index (χ1) is 9.33. The summed E-state index contributed by atoms with van der Waals surface area (Å²) in [5.41, 5.74) is 8.20. The Morgan fingerprint density at radius 2 is 1.95 bits per heavy atom. The summed E-state index contributed by atoms with van der Waals surface area (Å²) < 4.78 is 0. The molecule has 3 N–H and O–H groups in total. The molecule has 0 radical (unpaired) electrons. The van der Waals surface area contributed by atoms with Crippen LogP contribution in [0, 0.1) is 5.92 Å². The molecule has 1 aliphatic carbocycles. The highest BCUT2D eigenvalue weighted by Crippen LogP contribution is 2.26. The first-order valence-corrected chi connectivity index (χ1v) is 7.16. The lowest BCUT2D eigenvalue weighted by molar-refractivity contribution is 0.339. The van der Waals surface area contributed by atoms with Gasteiger partial charge in [-0.3, -0.25) is 4.98 Å². The van der Waals surface area contributed by atoms with Crippen molar-refractivity contribution in [3.05, 3.63) is 36.5 Å². The van der Waals surface area contributed by atoms with Crippen LogP contribution in [-0.2, 0) is 0 Å². The van der Waals surface area contributed by atoms with E-state index in [1.54, 1.807) is 0 Å². The summed E-state index contributed by atoms with van der Waals surface area (Å²) in [6, 6.07) is 10.8. The molecule has 0 atom stereocenters. The van der Waals surface area contributed by atoms with Crippen LogP contribution in [0.3, 0.4) is 0 Å². The first kappa shape index (κ1) is 12.4. The van der Waals surface area contributed by atoms with Crippen molar-refractivity contribution in [2.24, 2.45) is 11.7 Å². The fourth-order valence-corrected chi connectivity index (χ4v) is 2.90. The van der Waals surface area contributed by atoms with Gasteiger partial charge in [0.25, 0.3) is 0 Å². The zero-order valence-corrected chi connectivity index (χ0v) is 11.2. The van der Waals surface area contributed by atoms with Crippen LogP contribution >= 0.6 is 0 Å². The molecule has 3 rings (SSSR count). The standard InChI is InChI=1S/C16H21N3/c17-13-8-6-12(7-9-13)11-19-16-5-1-4-15-14(16)3-2-10-18-15/h1-5,10,12-13,19H,6-9,11,17H2. The van der Waals surface area contributed by atoms with Crippen LogP contribution in [0.1, 0.15) is 25.7 Å². The molecule has 0 unspecified atom stereocenters. The monoisotopic (exact) mass is 255 g/mol. The van der Waals surface area contributed by atoms with Crippen LogP contribution in [0.5, 0.6) is 0 Å². The van der Waals surface area contributed by atoms with Gasteiger partial charge in [0.2, 0.25) is 0 Å². The Balaban J connectivity index is 1.68. The van der Waals surface area contributed by atoms with E-state index in [-0.39, 0.29) is 0 Å². The minimum atomic E-state index is 0.429. The number of anilines is 1. The van der Waals surface area contributed by atoms with Gasteiger partial charge in [0.1, 0.15) is 0 Å². The van der Waals surface area contributed by atoms with Gasteiger partial charge >= 0.3 is 0 Å². The zero-order valence-electron chi connectivity index (χ0n) is 11.2. The van der Waals surface area contributed by atoms with Crippen molar-refractivity contribution in [2.45, 2.75) is 31.7 Å². The van der Waals surface area contributed by atoms with Gasteiger partial charge in [0.15, 0.2) is 0 Å². The number of hydrogen-bond donors (Lipinski definition) is 2. The van der Waals surface area contributed by atoms with Gasteiger partial charge in [0, 0.05) is 29.9 Å². The minimum Gasteiger partial charge on any atom is -0.384 e. The number of rotatable bonds is 3. The number of nitrogens with one attached hydrogen (secondary N) is 1. The summed E-state index contributed by atoms with van der Waals surface area (Å²) in [7, 11) is 0. The molecule has 0 spiro atoms. The summed E-state index contributed by atoms with van der Waals surface area (Å²) in [6.45, 7) is 1.04. The van der Waals surface area contributed by atoms with E-state index in [0.717, 1.165) is 18.0 Å². The zero-order chi connectivity index (χ0) is 13.1. The van der Waals surface area contributed by atoms with E-state index in [1.807, 2.05) is 12.3 Å². The van der Waals surface area contributed by atoms with Gasteiger partial charge in [-0.25, -0.2) is 0 Å². The summed E-state index contributed by atoms with van der Waals surface area (Å²) in [5.74, 6) is 0.756. The first-order valence-electron chi connectivity index (χ1n) is 7.16. The maximum absolute atomic E-state index is 5.95. The van der Waals surface area contributed by atoms with Gasteiger partial charge in [0.05, 0.1) is 5.52 Å². The number of pyridine rings is 1. The van der Waals surface area contributed by atoms with Gasteiger partial charge in [-0.2, -0.15) is 0 Å². The molecule has 1 aromatic heterocycles. The number of aromatic nitrogens is 1. The number of nitrogens with zero attached hydrogens (tertiary/aromatic N) is 1. The molecular formula is C16H21N3. The Bertz CT molecular complexity index is 539. The molecule has 0 aliphatic heterocycles. The number of hydrogen-bond acceptors (Lipinski definition) is 3. The third-order valence-electron chi connectivity index (χ3n) is 4.12. The Morgan fingerprint density at radius 3 is 2.79 bits per heavy atom. The molecule has 0 bridgehead atoms. The summed E-state index contributed by atoms with van der Waals surface area (Å²) >= 11 is 0. The largest absolute Gasteiger partial charge is 0.384 e. The summed E-state index contributed by atoms with van der Waals surface area (Å²) in [6.07, 6.45) is 6.68. The molecule has 1 aromatic carbocycles. The van der Waals surface area contributed by atoms with Crippen LogP contribution in [0.4, 0.5) is 5.69 Å². The Hall–Kier alpha value is -1.61. The lowest BCUT2D eigenvalue weighted by Gasteiger charge is -2.26. The van der Waals surface area contributed by atoms with E-state index in [0.29, 0.717) is 6.04 Å². The topological polar surface area (TPSA) is 50.9 Å². The molecule has 1 heterocycles. The number of fused-ring (bicyclic) bond motifs is 1.